The maximum Gasteiger partial charge on any atom is 0.309 e. The number of esters is 1. The number of morpholine rings is 1. The van der Waals surface area contributed by atoms with Gasteiger partial charge in [-0.2, -0.15) is 0 Å². The van der Waals surface area contributed by atoms with E-state index in [0.29, 0.717) is 0 Å². The molecule has 0 aromatic heterocycles. The molecule has 1 saturated heterocycles. The van der Waals surface area contributed by atoms with Gasteiger partial charge in [0, 0.05) is 19.1 Å². The number of ether oxygens (including phenoxy) is 2. The molecule has 0 N–H and O–H groups in total. The van der Waals surface area contributed by atoms with Crippen molar-refractivity contribution in [2.24, 2.45) is 5.92 Å². The van der Waals surface area contributed by atoms with Crippen LogP contribution in [-0.4, -0.2) is 48.8 Å². The Hall–Kier alpha value is -0.610. The van der Waals surface area contributed by atoms with Crippen molar-refractivity contribution >= 4 is 5.97 Å². The fourth-order valence-corrected chi connectivity index (χ4v) is 2.51. The zero-order chi connectivity index (χ0) is 13.2. The number of hydrogen-bond acceptors (Lipinski definition) is 4. The van der Waals surface area contributed by atoms with Gasteiger partial charge in [0.2, 0.25) is 0 Å². The molecule has 1 aliphatic heterocycles. The van der Waals surface area contributed by atoms with Crippen molar-refractivity contribution in [2.45, 2.75) is 52.4 Å². The Morgan fingerprint density at radius 3 is 2.53 bits per heavy atom. The molecule has 1 aliphatic rings. The van der Waals surface area contributed by atoms with E-state index in [1.54, 1.807) is 0 Å². The standard InChI is InChI=1S/C13H25NO3/c1-9-7-14(8-13(4,5)17-9)11(3)10(2)12(15)16-6/h9-11H,7-8H2,1-6H3. The monoisotopic (exact) mass is 243 g/mol. The average molecular weight is 243 g/mol. The fourth-order valence-electron chi connectivity index (χ4n) is 2.51. The van der Waals surface area contributed by atoms with Crippen molar-refractivity contribution in [3.8, 4) is 0 Å². The number of hydrogen-bond donors (Lipinski definition) is 0. The first-order valence-corrected chi connectivity index (χ1v) is 6.26. The van der Waals surface area contributed by atoms with Crippen LogP contribution in [0.3, 0.4) is 0 Å². The molecule has 3 unspecified atom stereocenters. The normalized spacial score (nSPS) is 28.5. The van der Waals surface area contributed by atoms with Crippen molar-refractivity contribution in [1.82, 2.24) is 4.90 Å². The van der Waals surface area contributed by atoms with Gasteiger partial charge < -0.3 is 9.47 Å². The summed E-state index contributed by atoms with van der Waals surface area (Å²) >= 11 is 0. The lowest BCUT2D eigenvalue weighted by molar-refractivity contribution is -0.157. The van der Waals surface area contributed by atoms with Crippen molar-refractivity contribution in [3.05, 3.63) is 0 Å². The molecule has 0 bridgehead atoms. The molecule has 0 saturated carbocycles. The van der Waals surface area contributed by atoms with Crippen LogP contribution in [0.4, 0.5) is 0 Å². The van der Waals surface area contributed by atoms with E-state index < -0.39 is 0 Å². The molecule has 0 spiro atoms. The summed E-state index contributed by atoms with van der Waals surface area (Å²) < 4.78 is 10.7. The topological polar surface area (TPSA) is 38.8 Å². The van der Waals surface area contributed by atoms with Gasteiger partial charge in [0.05, 0.1) is 24.7 Å². The van der Waals surface area contributed by atoms with Gasteiger partial charge in [-0.25, -0.2) is 0 Å². The van der Waals surface area contributed by atoms with Gasteiger partial charge >= 0.3 is 5.97 Å². The molecule has 1 fully saturated rings. The van der Waals surface area contributed by atoms with E-state index in [0.717, 1.165) is 13.1 Å². The molecule has 0 aromatic carbocycles. The number of methoxy groups -OCH3 is 1. The fraction of sp³-hybridized carbons (Fsp3) is 0.923. The second kappa shape index (κ2) is 5.36. The molecule has 0 amide bonds. The van der Waals surface area contributed by atoms with Crippen molar-refractivity contribution in [1.29, 1.82) is 0 Å². The minimum atomic E-state index is -0.151. The number of rotatable bonds is 3. The molecule has 17 heavy (non-hydrogen) atoms. The quantitative estimate of drug-likeness (QED) is 0.707. The summed E-state index contributed by atoms with van der Waals surface area (Å²) in [5.41, 5.74) is -0.151. The van der Waals surface area contributed by atoms with Crippen LogP contribution < -0.4 is 0 Å². The van der Waals surface area contributed by atoms with Crippen LogP contribution in [0.25, 0.3) is 0 Å². The van der Waals surface area contributed by atoms with E-state index in [1.807, 2.05) is 6.92 Å². The van der Waals surface area contributed by atoms with Crippen molar-refractivity contribution in [3.63, 3.8) is 0 Å². The zero-order valence-corrected chi connectivity index (χ0v) is 11.8. The summed E-state index contributed by atoms with van der Waals surface area (Å²) in [5.74, 6) is -0.254. The molecule has 3 atom stereocenters. The molecular weight excluding hydrogens is 218 g/mol. The Balaban J connectivity index is 2.68. The first kappa shape index (κ1) is 14.5. The largest absolute Gasteiger partial charge is 0.469 e. The van der Waals surface area contributed by atoms with Crippen LogP contribution in [0.1, 0.15) is 34.6 Å². The Morgan fingerprint density at radius 2 is 2.06 bits per heavy atom. The highest BCUT2D eigenvalue weighted by Gasteiger charge is 2.36. The molecule has 100 valence electrons. The van der Waals surface area contributed by atoms with Crippen molar-refractivity contribution in [2.75, 3.05) is 20.2 Å². The molecule has 0 radical (unpaired) electrons. The van der Waals surface area contributed by atoms with E-state index in [1.165, 1.54) is 7.11 Å². The summed E-state index contributed by atoms with van der Waals surface area (Å²) in [6, 6.07) is 0.174. The minimum absolute atomic E-state index is 0.110. The Morgan fingerprint density at radius 1 is 1.47 bits per heavy atom. The van der Waals surface area contributed by atoms with Crippen LogP contribution in [0, 0.1) is 5.92 Å². The molecular formula is C13H25NO3. The van der Waals surface area contributed by atoms with E-state index in [9.17, 15) is 4.79 Å². The lowest BCUT2D eigenvalue weighted by Gasteiger charge is -2.45. The van der Waals surface area contributed by atoms with Gasteiger partial charge in [-0.3, -0.25) is 9.69 Å². The Kier molecular flexibility index (Phi) is 4.55. The lowest BCUT2D eigenvalue weighted by atomic mass is 9.97. The van der Waals surface area contributed by atoms with E-state index in [-0.39, 0.29) is 29.6 Å². The number of nitrogens with zero attached hydrogens (tertiary/aromatic N) is 1. The first-order chi connectivity index (χ1) is 7.76. The third-order valence-electron chi connectivity index (χ3n) is 3.47. The molecule has 4 nitrogen and oxygen atoms in total. The molecule has 4 heteroatoms. The number of carbonyl (C=O) groups is 1. The van der Waals surface area contributed by atoms with Crippen LogP contribution in [0.5, 0.6) is 0 Å². The summed E-state index contributed by atoms with van der Waals surface area (Å²) in [7, 11) is 1.44. The zero-order valence-electron chi connectivity index (χ0n) is 11.8. The van der Waals surface area contributed by atoms with E-state index in [2.05, 4.69) is 32.6 Å². The van der Waals surface area contributed by atoms with Gasteiger partial charge in [0.15, 0.2) is 0 Å². The van der Waals surface area contributed by atoms with Gasteiger partial charge in [-0.15, -0.1) is 0 Å². The summed E-state index contributed by atoms with van der Waals surface area (Å²) in [5, 5.41) is 0. The second-order valence-corrected chi connectivity index (χ2v) is 5.67. The smallest absolute Gasteiger partial charge is 0.309 e. The highest BCUT2D eigenvalue weighted by Crippen LogP contribution is 2.24. The first-order valence-electron chi connectivity index (χ1n) is 6.26. The summed E-state index contributed by atoms with van der Waals surface area (Å²) in [4.78, 5) is 13.9. The van der Waals surface area contributed by atoms with Crippen LogP contribution >= 0.6 is 0 Å². The third-order valence-corrected chi connectivity index (χ3v) is 3.47. The third kappa shape index (κ3) is 3.68. The maximum atomic E-state index is 11.6. The minimum Gasteiger partial charge on any atom is -0.469 e. The highest BCUT2D eigenvalue weighted by atomic mass is 16.5. The molecule has 0 aromatic rings. The summed E-state index contributed by atoms with van der Waals surface area (Å²) in [6.07, 6.45) is 0.200. The Bertz CT molecular complexity index is 278. The van der Waals surface area contributed by atoms with Crippen LogP contribution in [0.2, 0.25) is 0 Å². The van der Waals surface area contributed by atoms with Gasteiger partial charge in [-0.05, 0) is 27.7 Å². The number of carbonyl (C=O) groups excluding carboxylic acids is 1. The average Bonchev–Trinajstić information content (AvgIpc) is 2.23. The molecule has 1 rings (SSSR count). The molecule has 1 heterocycles. The summed E-state index contributed by atoms with van der Waals surface area (Å²) in [6.45, 7) is 12.0. The van der Waals surface area contributed by atoms with Gasteiger partial charge in [-0.1, -0.05) is 6.92 Å². The predicted octanol–water partition coefficient (Wildman–Crippen LogP) is 1.68. The van der Waals surface area contributed by atoms with Gasteiger partial charge in [0.1, 0.15) is 0 Å². The van der Waals surface area contributed by atoms with Crippen molar-refractivity contribution < 1.29 is 14.3 Å². The second-order valence-electron chi connectivity index (χ2n) is 5.67. The predicted molar refractivity (Wildman–Crippen MR) is 66.8 cm³/mol. The highest BCUT2D eigenvalue weighted by molar-refractivity contribution is 5.72. The van der Waals surface area contributed by atoms with E-state index >= 15 is 0 Å². The SMILES string of the molecule is COC(=O)C(C)C(C)N1CC(C)OC(C)(C)C1. The van der Waals surface area contributed by atoms with E-state index in [4.69, 9.17) is 9.47 Å². The maximum absolute atomic E-state index is 11.6. The van der Waals surface area contributed by atoms with Crippen LogP contribution in [0.15, 0.2) is 0 Å². The van der Waals surface area contributed by atoms with Gasteiger partial charge in [0.25, 0.3) is 0 Å². The Labute approximate surface area is 104 Å². The molecule has 0 aliphatic carbocycles. The lowest BCUT2D eigenvalue weighted by Crippen LogP contribution is -2.56. The van der Waals surface area contributed by atoms with Crippen LogP contribution in [-0.2, 0) is 14.3 Å².